The number of carbonyl (C=O) groups excluding carboxylic acids is 1. The molecule has 2 rings (SSSR count). The molecule has 5 nitrogen and oxygen atoms in total. The summed E-state index contributed by atoms with van der Waals surface area (Å²) in [4.78, 5) is 26.0. The van der Waals surface area contributed by atoms with Gasteiger partial charge in [-0.15, -0.1) is 11.3 Å². The number of ether oxygens (including phenoxy) is 1. The van der Waals surface area contributed by atoms with Crippen molar-refractivity contribution in [1.29, 1.82) is 0 Å². The summed E-state index contributed by atoms with van der Waals surface area (Å²) < 4.78 is 5.44. The van der Waals surface area contributed by atoms with E-state index >= 15 is 0 Å². The number of amides is 1. The van der Waals surface area contributed by atoms with Crippen LogP contribution in [0.4, 0.5) is 0 Å². The molecular formula is C14H19NO4S. The molecule has 0 aliphatic carbocycles. The molecule has 0 unspecified atom stereocenters. The fourth-order valence-corrected chi connectivity index (χ4v) is 3.29. The smallest absolute Gasteiger partial charge is 0.349 e. The highest BCUT2D eigenvalue weighted by Gasteiger charge is 2.21. The number of aromatic carboxylic acids is 1. The largest absolute Gasteiger partial charge is 0.482 e. The van der Waals surface area contributed by atoms with Crippen molar-refractivity contribution in [3.05, 3.63) is 15.8 Å². The van der Waals surface area contributed by atoms with Crippen LogP contribution in [0.25, 0.3) is 0 Å². The molecule has 1 aromatic heterocycles. The lowest BCUT2D eigenvalue weighted by atomic mass is 10.3. The number of carbonyl (C=O) groups is 2. The maximum Gasteiger partial charge on any atom is 0.349 e. The quantitative estimate of drug-likeness (QED) is 0.875. The topological polar surface area (TPSA) is 66.8 Å². The molecule has 20 heavy (non-hydrogen) atoms. The molecule has 1 saturated heterocycles. The average molecular weight is 297 g/mol. The molecule has 0 atom stereocenters. The van der Waals surface area contributed by atoms with Crippen molar-refractivity contribution < 1.29 is 19.4 Å². The minimum atomic E-state index is -0.999. The Hall–Kier alpha value is -1.56. The second-order valence-corrected chi connectivity index (χ2v) is 5.97. The van der Waals surface area contributed by atoms with E-state index in [1.54, 1.807) is 11.0 Å². The van der Waals surface area contributed by atoms with Crippen molar-refractivity contribution in [2.75, 3.05) is 19.7 Å². The van der Waals surface area contributed by atoms with Crippen LogP contribution in [0.1, 0.15) is 40.7 Å². The van der Waals surface area contributed by atoms with Crippen LogP contribution in [0, 0.1) is 0 Å². The Morgan fingerprint density at radius 2 is 2.10 bits per heavy atom. The first-order valence-corrected chi connectivity index (χ1v) is 7.70. The molecule has 2 heterocycles. The van der Waals surface area contributed by atoms with Gasteiger partial charge in [-0.3, -0.25) is 4.79 Å². The summed E-state index contributed by atoms with van der Waals surface area (Å²) in [6.07, 6.45) is 3.84. The number of carboxylic acids is 1. The first kappa shape index (κ1) is 14.8. The average Bonchev–Trinajstić information content (AvgIpc) is 3.05. The van der Waals surface area contributed by atoms with Gasteiger partial charge < -0.3 is 14.7 Å². The zero-order chi connectivity index (χ0) is 14.5. The second-order valence-electron chi connectivity index (χ2n) is 4.84. The van der Waals surface area contributed by atoms with Crippen molar-refractivity contribution in [2.24, 2.45) is 0 Å². The van der Waals surface area contributed by atoms with Crippen molar-refractivity contribution in [3.63, 3.8) is 0 Å². The highest BCUT2D eigenvalue weighted by Crippen LogP contribution is 2.30. The Labute approximate surface area is 122 Å². The number of rotatable bonds is 6. The minimum absolute atomic E-state index is 0.0675. The number of nitrogens with zero attached hydrogens (tertiary/aromatic N) is 1. The maximum atomic E-state index is 11.9. The second kappa shape index (κ2) is 6.74. The number of thiophene rings is 1. The van der Waals surface area contributed by atoms with Crippen molar-refractivity contribution in [3.8, 4) is 5.75 Å². The van der Waals surface area contributed by atoms with Gasteiger partial charge in [0.05, 0.1) is 0 Å². The molecule has 6 heteroatoms. The molecule has 1 aromatic rings. The van der Waals surface area contributed by atoms with Crippen LogP contribution in [0.2, 0.25) is 0 Å². The predicted molar refractivity (Wildman–Crippen MR) is 76.6 cm³/mol. The number of hydrogen-bond acceptors (Lipinski definition) is 4. The zero-order valence-electron chi connectivity index (χ0n) is 11.6. The fourth-order valence-electron chi connectivity index (χ4n) is 2.25. The van der Waals surface area contributed by atoms with E-state index in [4.69, 9.17) is 9.84 Å². The standard InChI is InChI=1S/C14H19NO4S/c1-2-5-10-8-11(13(20-10)14(17)18)19-9-12(16)15-6-3-4-7-15/h8H,2-7,9H2,1H3,(H,17,18). The van der Waals surface area contributed by atoms with Gasteiger partial charge in [0.25, 0.3) is 5.91 Å². The van der Waals surface area contributed by atoms with Crippen LogP contribution in [0.5, 0.6) is 5.75 Å². The van der Waals surface area contributed by atoms with Crippen LogP contribution in [0.15, 0.2) is 6.07 Å². The summed E-state index contributed by atoms with van der Waals surface area (Å²) in [5.74, 6) is -0.749. The van der Waals surface area contributed by atoms with E-state index in [0.29, 0.717) is 5.75 Å². The molecule has 0 spiro atoms. The number of hydrogen-bond donors (Lipinski definition) is 1. The van der Waals surface area contributed by atoms with Crippen LogP contribution in [-0.4, -0.2) is 41.6 Å². The molecule has 1 aliphatic heterocycles. The minimum Gasteiger partial charge on any atom is -0.482 e. The van der Waals surface area contributed by atoms with Gasteiger partial charge in [0, 0.05) is 18.0 Å². The lowest BCUT2D eigenvalue weighted by Crippen LogP contribution is -2.32. The molecule has 1 fully saturated rings. The number of carboxylic acid groups (broad SMARTS) is 1. The van der Waals surface area contributed by atoms with Gasteiger partial charge in [-0.05, 0) is 25.3 Å². The highest BCUT2D eigenvalue weighted by atomic mass is 32.1. The monoisotopic (exact) mass is 297 g/mol. The van der Waals surface area contributed by atoms with E-state index in [2.05, 4.69) is 0 Å². The van der Waals surface area contributed by atoms with Gasteiger partial charge in [-0.2, -0.15) is 0 Å². The number of aryl methyl sites for hydroxylation is 1. The van der Waals surface area contributed by atoms with Crippen LogP contribution in [-0.2, 0) is 11.2 Å². The summed E-state index contributed by atoms with van der Waals surface area (Å²) in [5.41, 5.74) is 0. The molecule has 0 radical (unpaired) electrons. The normalized spacial score (nSPS) is 14.6. The first-order valence-electron chi connectivity index (χ1n) is 6.88. The van der Waals surface area contributed by atoms with E-state index in [0.717, 1.165) is 43.6 Å². The lowest BCUT2D eigenvalue weighted by molar-refractivity contribution is -0.132. The van der Waals surface area contributed by atoms with E-state index in [1.165, 1.54) is 11.3 Å². The molecular weight excluding hydrogens is 278 g/mol. The van der Waals surface area contributed by atoms with Crippen LogP contribution in [0.3, 0.4) is 0 Å². The Morgan fingerprint density at radius 1 is 1.40 bits per heavy atom. The summed E-state index contributed by atoms with van der Waals surface area (Å²) >= 11 is 1.23. The van der Waals surface area contributed by atoms with Gasteiger partial charge in [0.1, 0.15) is 5.75 Å². The van der Waals surface area contributed by atoms with Crippen molar-refractivity contribution >= 4 is 23.2 Å². The first-order chi connectivity index (χ1) is 9.61. The third-order valence-electron chi connectivity index (χ3n) is 3.25. The van der Waals surface area contributed by atoms with E-state index in [9.17, 15) is 9.59 Å². The van der Waals surface area contributed by atoms with Gasteiger partial charge in [0.2, 0.25) is 0 Å². The fraction of sp³-hybridized carbons (Fsp3) is 0.571. The molecule has 0 bridgehead atoms. The van der Waals surface area contributed by atoms with Crippen molar-refractivity contribution in [1.82, 2.24) is 4.90 Å². The van der Waals surface area contributed by atoms with Gasteiger partial charge in [-0.25, -0.2) is 4.79 Å². The zero-order valence-corrected chi connectivity index (χ0v) is 12.4. The molecule has 0 aromatic carbocycles. The Bertz CT molecular complexity index is 491. The SMILES string of the molecule is CCCc1cc(OCC(=O)N2CCCC2)c(C(=O)O)s1. The van der Waals surface area contributed by atoms with Gasteiger partial charge in [-0.1, -0.05) is 13.3 Å². The predicted octanol–water partition coefficient (Wildman–Crippen LogP) is 2.40. The Morgan fingerprint density at radius 3 is 2.70 bits per heavy atom. The molecule has 1 aliphatic rings. The maximum absolute atomic E-state index is 11.9. The van der Waals surface area contributed by atoms with Crippen LogP contribution >= 0.6 is 11.3 Å². The van der Waals surface area contributed by atoms with E-state index in [-0.39, 0.29) is 17.4 Å². The summed E-state index contributed by atoms with van der Waals surface area (Å²) in [6.45, 7) is 3.51. The summed E-state index contributed by atoms with van der Waals surface area (Å²) in [5, 5.41) is 9.16. The van der Waals surface area contributed by atoms with E-state index < -0.39 is 5.97 Å². The molecule has 1 amide bonds. The lowest BCUT2D eigenvalue weighted by Gasteiger charge is -2.15. The third-order valence-corrected chi connectivity index (χ3v) is 4.41. The highest BCUT2D eigenvalue weighted by molar-refractivity contribution is 7.14. The van der Waals surface area contributed by atoms with Gasteiger partial charge in [0.15, 0.2) is 11.5 Å². The van der Waals surface area contributed by atoms with Crippen molar-refractivity contribution in [2.45, 2.75) is 32.6 Å². The molecule has 110 valence electrons. The Kier molecular flexibility index (Phi) is 5.00. The summed E-state index contributed by atoms with van der Waals surface area (Å²) in [7, 11) is 0. The van der Waals surface area contributed by atoms with Gasteiger partial charge >= 0.3 is 5.97 Å². The van der Waals surface area contributed by atoms with E-state index in [1.807, 2.05) is 6.92 Å². The number of likely N-dealkylation sites (tertiary alicyclic amines) is 1. The third kappa shape index (κ3) is 3.50. The summed E-state index contributed by atoms with van der Waals surface area (Å²) in [6, 6.07) is 1.74. The molecule has 1 N–H and O–H groups in total. The van der Waals surface area contributed by atoms with Crippen LogP contribution < -0.4 is 4.74 Å². The molecule has 0 saturated carbocycles. The Balaban J connectivity index is 2.00.